The third-order valence-corrected chi connectivity index (χ3v) is 1.99. The Morgan fingerprint density at radius 2 is 2.31 bits per heavy atom. The summed E-state index contributed by atoms with van der Waals surface area (Å²) in [4.78, 5) is 11.1. The fourth-order valence-electron chi connectivity index (χ4n) is 1.02. The summed E-state index contributed by atoms with van der Waals surface area (Å²) in [5, 5.41) is 25.2. The molecule has 0 bridgehead atoms. The first-order valence-electron chi connectivity index (χ1n) is 3.66. The molecule has 0 saturated carbocycles. The van der Waals surface area contributed by atoms with Crippen LogP contribution in [0.15, 0.2) is 0 Å². The summed E-state index contributed by atoms with van der Waals surface area (Å²) in [5.74, 6) is -0.670. The second-order valence-corrected chi connectivity index (χ2v) is 2.76. The molecule has 0 aromatic carbocycles. The van der Waals surface area contributed by atoms with Gasteiger partial charge in [-0.05, 0) is 0 Å². The Bertz CT molecular complexity index is 225. The van der Waals surface area contributed by atoms with Crippen LogP contribution in [0.5, 0.6) is 0 Å². The molecule has 0 radical (unpaired) electrons. The van der Waals surface area contributed by atoms with E-state index in [4.69, 9.17) is 15.3 Å². The van der Waals surface area contributed by atoms with Crippen LogP contribution in [0, 0.1) is 5.41 Å². The highest BCUT2D eigenvalue weighted by Crippen LogP contribution is 2.33. The fraction of sp³-hybridized carbons (Fsp3) is 0.714. The van der Waals surface area contributed by atoms with Crippen LogP contribution in [0.4, 0.5) is 0 Å². The van der Waals surface area contributed by atoms with Gasteiger partial charge in [-0.15, -0.1) is 0 Å². The quantitative estimate of drug-likeness (QED) is 0.272. The SMILES string of the molecule is COC(O)[C@@H](O)[C@@]1(C(=O)C=N)CO1. The minimum atomic E-state index is -1.48. The molecule has 0 amide bonds. The molecule has 1 aliphatic rings. The number of methoxy groups -OCH3 is 1. The number of carbonyl (C=O) groups excluding carboxylic acids is 1. The number of ketones is 1. The number of nitrogens with one attached hydrogen (secondary N) is 1. The third-order valence-electron chi connectivity index (χ3n) is 1.99. The van der Waals surface area contributed by atoms with Gasteiger partial charge in [-0.3, -0.25) is 4.79 Å². The summed E-state index contributed by atoms with van der Waals surface area (Å²) < 4.78 is 9.17. The Labute approximate surface area is 74.6 Å². The molecule has 6 nitrogen and oxygen atoms in total. The molecule has 1 aliphatic heterocycles. The maximum absolute atomic E-state index is 11.1. The van der Waals surface area contributed by atoms with Crippen LogP contribution in [0.3, 0.4) is 0 Å². The lowest BCUT2D eigenvalue weighted by atomic mass is 9.98. The number of aliphatic hydroxyl groups is 2. The molecule has 1 saturated heterocycles. The van der Waals surface area contributed by atoms with Gasteiger partial charge in [0.05, 0.1) is 12.8 Å². The van der Waals surface area contributed by atoms with Gasteiger partial charge in [0, 0.05) is 7.11 Å². The average Bonchev–Trinajstić information content (AvgIpc) is 2.95. The van der Waals surface area contributed by atoms with Gasteiger partial charge >= 0.3 is 0 Å². The van der Waals surface area contributed by atoms with Crippen molar-refractivity contribution in [3.8, 4) is 0 Å². The maximum atomic E-state index is 11.1. The molecular weight excluding hydrogens is 178 g/mol. The molecule has 0 spiro atoms. The number of epoxide rings is 1. The first-order valence-corrected chi connectivity index (χ1v) is 3.66. The minimum Gasteiger partial charge on any atom is -0.384 e. The van der Waals surface area contributed by atoms with E-state index in [-0.39, 0.29) is 6.61 Å². The third kappa shape index (κ3) is 1.61. The highest BCUT2D eigenvalue weighted by Gasteiger charge is 2.59. The van der Waals surface area contributed by atoms with Crippen LogP contribution in [0.25, 0.3) is 0 Å². The Morgan fingerprint density at radius 1 is 1.77 bits per heavy atom. The van der Waals surface area contributed by atoms with Gasteiger partial charge in [-0.2, -0.15) is 0 Å². The summed E-state index contributed by atoms with van der Waals surface area (Å²) in [6.45, 7) is 0.00278. The first kappa shape index (κ1) is 10.3. The van der Waals surface area contributed by atoms with E-state index in [2.05, 4.69) is 4.74 Å². The van der Waals surface area contributed by atoms with Crippen LogP contribution in [0.1, 0.15) is 0 Å². The second kappa shape index (κ2) is 3.51. The van der Waals surface area contributed by atoms with Crippen molar-refractivity contribution >= 4 is 12.0 Å². The predicted octanol–water partition coefficient (Wildman–Crippen LogP) is -1.70. The number of hydrogen-bond donors (Lipinski definition) is 3. The Hall–Kier alpha value is -0.820. The molecule has 1 unspecified atom stereocenters. The van der Waals surface area contributed by atoms with Crippen molar-refractivity contribution in [1.29, 1.82) is 5.41 Å². The van der Waals surface area contributed by atoms with Crippen molar-refractivity contribution in [2.75, 3.05) is 13.7 Å². The van der Waals surface area contributed by atoms with Gasteiger partial charge in [0.15, 0.2) is 11.9 Å². The number of ether oxygens (including phenoxy) is 2. The number of rotatable bonds is 5. The highest BCUT2D eigenvalue weighted by molar-refractivity contribution is 6.31. The Balaban J connectivity index is 2.70. The predicted molar refractivity (Wildman–Crippen MR) is 41.5 cm³/mol. The van der Waals surface area contributed by atoms with E-state index in [1.165, 1.54) is 7.11 Å². The van der Waals surface area contributed by atoms with E-state index >= 15 is 0 Å². The van der Waals surface area contributed by atoms with Gasteiger partial charge in [-0.25, -0.2) is 0 Å². The first-order chi connectivity index (χ1) is 6.08. The van der Waals surface area contributed by atoms with Gasteiger partial charge in [0.1, 0.15) is 6.10 Å². The Kier molecular flexibility index (Phi) is 2.77. The van der Waals surface area contributed by atoms with E-state index in [1.807, 2.05) is 0 Å². The van der Waals surface area contributed by atoms with Crippen molar-refractivity contribution in [2.24, 2.45) is 0 Å². The summed E-state index contributed by atoms with van der Waals surface area (Å²) in [6.07, 6.45) is -2.38. The van der Waals surface area contributed by atoms with Crippen molar-refractivity contribution in [1.82, 2.24) is 0 Å². The summed E-state index contributed by atoms with van der Waals surface area (Å²) in [6, 6.07) is 0. The van der Waals surface area contributed by atoms with Crippen LogP contribution in [0.2, 0.25) is 0 Å². The lowest BCUT2D eigenvalue weighted by Gasteiger charge is -2.20. The smallest absolute Gasteiger partial charge is 0.210 e. The van der Waals surface area contributed by atoms with Crippen LogP contribution >= 0.6 is 0 Å². The number of hydrogen-bond acceptors (Lipinski definition) is 6. The molecule has 0 aliphatic carbocycles. The van der Waals surface area contributed by atoms with E-state index in [1.54, 1.807) is 0 Å². The van der Waals surface area contributed by atoms with Crippen molar-refractivity contribution < 1.29 is 24.5 Å². The van der Waals surface area contributed by atoms with Gasteiger partial charge in [-0.1, -0.05) is 0 Å². The standard InChI is InChI=1S/C7H11NO5/c1-12-6(11)5(10)7(3-13-7)4(9)2-8/h2,5-6,8,10-11H,3H2,1H3/t5-,6?,7+/m1/s1. The molecule has 1 fully saturated rings. The monoisotopic (exact) mass is 189 g/mol. The second-order valence-electron chi connectivity index (χ2n) is 2.76. The molecule has 74 valence electrons. The normalized spacial score (nSPS) is 30.7. The molecule has 6 heteroatoms. The van der Waals surface area contributed by atoms with Gasteiger partial charge < -0.3 is 25.1 Å². The summed E-state index contributed by atoms with van der Waals surface area (Å²) >= 11 is 0. The Morgan fingerprint density at radius 3 is 2.62 bits per heavy atom. The summed E-state index contributed by atoms with van der Waals surface area (Å²) in [7, 11) is 1.19. The molecular formula is C7H11NO5. The van der Waals surface area contributed by atoms with E-state index < -0.39 is 23.8 Å². The van der Waals surface area contributed by atoms with Crippen molar-refractivity contribution in [3.05, 3.63) is 0 Å². The van der Waals surface area contributed by atoms with Crippen LogP contribution < -0.4 is 0 Å². The molecule has 3 atom stereocenters. The fourth-order valence-corrected chi connectivity index (χ4v) is 1.02. The number of Topliss-reactive ketones (excluding diaryl/α,β-unsaturated/α-hetero) is 1. The zero-order chi connectivity index (χ0) is 10.1. The van der Waals surface area contributed by atoms with Crippen LogP contribution in [-0.4, -0.2) is 53.9 Å². The van der Waals surface area contributed by atoms with E-state index in [9.17, 15) is 9.90 Å². The molecule has 13 heavy (non-hydrogen) atoms. The largest absolute Gasteiger partial charge is 0.384 e. The van der Waals surface area contributed by atoms with E-state index in [0.29, 0.717) is 6.21 Å². The number of aliphatic hydroxyl groups excluding tert-OH is 2. The van der Waals surface area contributed by atoms with Crippen LogP contribution in [-0.2, 0) is 14.3 Å². The van der Waals surface area contributed by atoms with Gasteiger partial charge in [0.2, 0.25) is 5.78 Å². The zero-order valence-corrected chi connectivity index (χ0v) is 7.06. The molecule has 0 aromatic heterocycles. The molecule has 1 heterocycles. The van der Waals surface area contributed by atoms with Gasteiger partial charge in [0.25, 0.3) is 0 Å². The average molecular weight is 189 g/mol. The lowest BCUT2D eigenvalue weighted by Crippen LogP contribution is -2.46. The molecule has 0 aromatic rings. The van der Waals surface area contributed by atoms with E-state index in [0.717, 1.165) is 0 Å². The zero-order valence-electron chi connectivity index (χ0n) is 7.06. The number of carbonyl (C=O) groups is 1. The van der Waals surface area contributed by atoms with Crippen molar-refractivity contribution in [2.45, 2.75) is 18.0 Å². The lowest BCUT2D eigenvalue weighted by molar-refractivity contribution is -0.168. The highest BCUT2D eigenvalue weighted by atomic mass is 16.6. The van der Waals surface area contributed by atoms with Crippen molar-refractivity contribution in [3.63, 3.8) is 0 Å². The molecule has 1 rings (SSSR count). The topological polar surface area (TPSA) is 103 Å². The summed E-state index contributed by atoms with van der Waals surface area (Å²) in [5.41, 5.74) is -1.46. The minimum absolute atomic E-state index is 0.00278. The molecule has 3 N–H and O–H groups in total. The maximum Gasteiger partial charge on any atom is 0.210 e.